The second-order valence-electron chi connectivity index (χ2n) is 5.12. The lowest BCUT2D eigenvalue weighted by molar-refractivity contribution is 0.195. The molecule has 0 aromatic carbocycles. The number of hydrogen-bond acceptors (Lipinski definition) is 4. The van der Waals surface area contributed by atoms with Gasteiger partial charge >= 0.3 is 0 Å². The van der Waals surface area contributed by atoms with E-state index in [1.54, 1.807) is 0 Å². The first-order valence-electron chi connectivity index (χ1n) is 6.82. The SMILES string of the molecule is CN1CCCN(Cc2ccccn2)CC1CCN. The molecule has 1 aliphatic rings. The van der Waals surface area contributed by atoms with E-state index in [4.69, 9.17) is 5.73 Å². The van der Waals surface area contributed by atoms with Crippen LogP contribution in [0.5, 0.6) is 0 Å². The molecule has 4 heteroatoms. The minimum absolute atomic E-state index is 0.584. The Kier molecular flexibility index (Phi) is 5.11. The maximum Gasteiger partial charge on any atom is 0.0543 e. The minimum atomic E-state index is 0.584. The molecule has 0 aliphatic carbocycles. The van der Waals surface area contributed by atoms with Gasteiger partial charge < -0.3 is 10.6 Å². The number of aromatic nitrogens is 1. The molecule has 2 rings (SSSR count). The molecule has 0 bridgehead atoms. The highest BCUT2D eigenvalue weighted by Crippen LogP contribution is 2.12. The molecule has 0 radical (unpaired) electrons. The summed E-state index contributed by atoms with van der Waals surface area (Å²) in [7, 11) is 2.21. The van der Waals surface area contributed by atoms with Gasteiger partial charge in [-0.2, -0.15) is 0 Å². The average molecular weight is 248 g/mol. The van der Waals surface area contributed by atoms with Crippen LogP contribution in [-0.2, 0) is 6.54 Å². The standard InChI is InChI=1S/C14H24N4/c1-17-9-4-10-18(12-14(17)6-7-15)11-13-5-2-3-8-16-13/h2-3,5,8,14H,4,6-7,9-12,15H2,1H3. The van der Waals surface area contributed by atoms with E-state index in [0.29, 0.717) is 6.04 Å². The lowest BCUT2D eigenvalue weighted by atomic mass is 10.1. The van der Waals surface area contributed by atoms with Gasteiger partial charge in [-0.05, 0) is 51.7 Å². The Morgan fingerprint density at radius 2 is 2.28 bits per heavy atom. The van der Waals surface area contributed by atoms with Crippen molar-refractivity contribution in [3.05, 3.63) is 30.1 Å². The zero-order valence-electron chi connectivity index (χ0n) is 11.3. The van der Waals surface area contributed by atoms with Gasteiger partial charge in [0, 0.05) is 25.3 Å². The van der Waals surface area contributed by atoms with Gasteiger partial charge in [0.25, 0.3) is 0 Å². The summed E-state index contributed by atoms with van der Waals surface area (Å²) in [6.07, 6.45) is 4.18. The number of rotatable bonds is 4. The van der Waals surface area contributed by atoms with Crippen LogP contribution in [-0.4, -0.2) is 54.1 Å². The third kappa shape index (κ3) is 3.77. The Bertz CT molecular complexity index is 341. The predicted octanol–water partition coefficient (Wildman–Crippen LogP) is 0.937. The molecule has 1 fully saturated rings. The van der Waals surface area contributed by atoms with Crippen LogP contribution in [0, 0.1) is 0 Å². The summed E-state index contributed by atoms with van der Waals surface area (Å²) in [5.41, 5.74) is 6.87. The zero-order chi connectivity index (χ0) is 12.8. The highest BCUT2D eigenvalue weighted by atomic mass is 15.2. The molecule has 100 valence electrons. The summed E-state index contributed by atoms with van der Waals surface area (Å²) in [6, 6.07) is 6.72. The van der Waals surface area contributed by atoms with E-state index in [0.717, 1.165) is 38.3 Å². The van der Waals surface area contributed by atoms with E-state index in [1.165, 1.54) is 13.0 Å². The molecule has 0 spiro atoms. The quantitative estimate of drug-likeness (QED) is 0.861. The Balaban J connectivity index is 1.95. The molecular formula is C14H24N4. The molecule has 1 aromatic rings. The fourth-order valence-corrected chi connectivity index (χ4v) is 2.62. The molecule has 1 aliphatic heterocycles. The lowest BCUT2D eigenvalue weighted by Gasteiger charge is -2.28. The summed E-state index contributed by atoms with van der Waals surface area (Å²) in [4.78, 5) is 9.37. The van der Waals surface area contributed by atoms with Gasteiger partial charge in [-0.15, -0.1) is 0 Å². The van der Waals surface area contributed by atoms with Crippen molar-refractivity contribution >= 4 is 0 Å². The molecule has 0 amide bonds. The van der Waals surface area contributed by atoms with Crippen LogP contribution in [0.2, 0.25) is 0 Å². The first kappa shape index (κ1) is 13.5. The predicted molar refractivity (Wildman–Crippen MR) is 74.2 cm³/mol. The van der Waals surface area contributed by atoms with Gasteiger partial charge in [-0.25, -0.2) is 0 Å². The number of nitrogens with zero attached hydrogens (tertiary/aromatic N) is 3. The fraction of sp³-hybridized carbons (Fsp3) is 0.643. The zero-order valence-corrected chi connectivity index (χ0v) is 11.3. The van der Waals surface area contributed by atoms with Crippen LogP contribution < -0.4 is 5.73 Å². The Morgan fingerprint density at radius 3 is 3.00 bits per heavy atom. The highest BCUT2D eigenvalue weighted by molar-refractivity contribution is 5.03. The van der Waals surface area contributed by atoms with Gasteiger partial charge in [0.15, 0.2) is 0 Å². The van der Waals surface area contributed by atoms with E-state index in [9.17, 15) is 0 Å². The van der Waals surface area contributed by atoms with E-state index < -0.39 is 0 Å². The maximum absolute atomic E-state index is 5.71. The van der Waals surface area contributed by atoms with Gasteiger partial charge in [0.05, 0.1) is 5.69 Å². The Morgan fingerprint density at radius 1 is 1.39 bits per heavy atom. The van der Waals surface area contributed by atoms with E-state index in [-0.39, 0.29) is 0 Å². The van der Waals surface area contributed by atoms with Crippen molar-refractivity contribution in [2.24, 2.45) is 5.73 Å². The fourth-order valence-electron chi connectivity index (χ4n) is 2.62. The third-order valence-electron chi connectivity index (χ3n) is 3.69. The molecule has 0 saturated carbocycles. The van der Waals surface area contributed by atoms with Gasteiger partial charge in [0.2, 0.25) is 0 Å². The molecule has 1 unspecified atom stereocenters. The van der Waals surface area contributed by atoms with E-state index >= 15 is 0 Å². The van der Waals surface area contributed by atoms with Crippen molar-refractivity contribution in [3.8, 4) is 0 Å². The summed E-state index contributed by atoms with van der Waals surface area (Å²) in [6.45, 7) is 5.15. The minimum Gasteiger partial charge on any atom is -0.330 e. The first-order valence-corrected chi connectivity index (χ1v) is 6.82. The normalized spacial score (nSPS) is 22.9. The topological polar surface area (TPSA) is 45.4 Å². The van der Waals surface area contributed by atoms with Crippen molar-refractivity contribution < 1.29 is 0 Å². The molecular weight excluding hydrogens is 224 g/mol. The van der Waals surface area contributed by atoms with Crippen molar-refractivity contribution in [3.63, 3.8) is 0 Å². The van der Waals surface area contributed by atoms with Crippen LogP contribution in [0.3, 0.4) is 0 Å². The van der Waals surface area contributed by atoms with Gasteiger partial charge in [-0.3, -0.25) is 9.88 Å². The summed E-state index contributed by atoms with van der Waals surface area (Å²) in [5.74, 6) is 0. The number of nitrogens with two attached hydrogens (primary N) is 1. The van der Waals surface area contributed by atoms with Crippen molar-refractivity contribution in [1.82, 2.24) is 14.8 Å². The summed E-state index contributed by atoms with van der Waals surface area (Å²) >= 11 is 0. The van der Waals surface area contributed by atoms with Crippen molar-refractivity contribution in [2.75, 3.05) is 33.2 Å². The smallest absolute Gasteiger partial charge is 0.0543 e. The second kappa shape index (κ2) is 6.83. The van der Waals surface area contributed by atoms with Crippen LogP contribution in [0.15, 0.2) is 24.4 Å². The monoisotopic (exact) mass is 248 g/mol. The maximum atomic E-state index is 5.71. The Hall–Kier alpha value is -0.970. The Labute approximate surface area is 110 Å². The van der Waals surface area contributed by atoms with Gasteiger partial charge in [0.1, 0.15) is 0 Å². The summed E-state index contributed by atoms with van der Waals surface area (Å²) in [5, 5.41) is 0. The molecule has 4 nitrogen and oxygen atoms in total. The first-order chi connectivity index (χ1) is 8.79. The highest BCUT2D eigenvalue weighted by Gasteiger charge is 2.21. The third-order valence-corrected chi connectivity index (χ3v) is 3.69. The van der Waals surface area contributed by atoms with E-state index in [2.05, 4.69) is 34.0 Å². The average Bonchev–Trinajstić information content (AvgIpc) is 2.54. The van der Waals surface area contributed by atoms with E-state index in [1.807, 2.05) is 12.3 Å². The number of pyridine rings is 1. The molecule has 2 heterocycles. The van der Waals surface area contributed by atoms with Gasteiger partial charge in [-0.1, -0.05) is 6.07 Å². The summed E-state index contributed by atoms with van der Waals surface area (Å²) < 4.78 is 0. The van der Waals surface area contributed by atoms with Crippen LogP contribution >= 0.6 is 0 Å². The van der Waals surface area contributed by atoms with Crippen molar-refractivity contribution in [2.45, 2.75) is 25.4 Å². The molecule has 2 N–H and O–H groups in total. The molecule has 18 heavy (non-hydrogen) atoms. The number of likely N-dealkylation sites (N-methyl/N-ethyl adjacent to an activating group) is 1. The second-order valence-corrected chi connectivity index (χ2v) is 5.12. The van der Waals surface area contributed by atoms with Crippen molar-refractivity contribution in [1.29, 1.82) is 0 Å². The van der Waals surface area contributed by atoms with Crippen LogP contribution in [0.25, 0.3) is 0 Å². The molecule has 1 saturated heterocycles. The molecule has 1 aromatic heterocycles. The van der Waals surface area contributed by atoms with Crippen LogP contribution in [0.1, 0.15) is 18.5 Å². The number of hydrogen-bond donors (Lipinski definition) is 1. The van der Waals surface area contributed by atoms with Crippen LogP contribution in [0.4, 0.5) is 0 Å². The largest absolute Gasteiger partial charge is 0.330 e. The lowest BCUT2D eigenvalue weighted by Crippen LogP contribution is -2.40. The molecule has 1 atom stereocenters.